The second-order valence-corrected chi connectivity index (χ2v) is 10.5. The summed E-state index contributed by atoms with van der Waals surface area (Å²) in [6.07, 6.45) is 5.10. The number of para-hydroxylation sites is 1. The molecule has 1 aliphatic carbocycles. The number of carbonyl (C=O) groups is 2. The molecule has 1 N–H and O–H groups in total. The van der Waals surface area contributed by atoms with E-state index in [0.717, 1.165) is 53.7 Å². The summed E-state index contributed by atoms with van der Waals surface area (Å²) in [4.78, 5) is 26.2. The predicted octanol–water partition coefficient (Wildman–Crippen LogP) is 1.03. The Kier molecular flexibility index (Phi) is 5.32. The van der Waals surface area contributed by atoms with Gasteiger partial charge in [0.1, 0.15) is 38.6 Å². The molecule has 2 bridgehead atoms. The fourth-order valence-electron chi connectivity index (χ4n) is 7.72. The first-order chi connectivity index (χ1) is 17.1. The van der Waals surface area contributed by atoms with Crippen LogP contribution in [0.25, 0.3) is 0 Å². The van der Waals surface area contributed by atoms with E-state index in [1.807, 2.05) is 24.3 Å². The van der Waals surface area contributed by atoms with Gasteiger partial charge in [0.15, 0.2) is 11.5 Å². The Bertz CT molecular complexity index is 1350. The molecule has 7 heteroatoms. The number of benzene rings is 2. The molecule has 4 aliphatic heterocycles. The molecular weight excluding hydrogens is 476 g/mol. The van der Waals surface area contributed by atoms with Gasteiger partial charge in [-0.1, -0.05) is 24.3 Å². The van der Waals surface area contributed by atoms with Crippen molar-refractivity contribution in [3.63, 3.8) is 0 Å². The maximum atomic E-state index is 13.8. The standard InChI is InChI=1S/C29H28N2O4.ClH/c1-2-18-15-31(16-24(33)19-7-8-25-26(13-19)35-12-11-34-25)10-9-29-22-5-3-4-6-23(22)30-28(29)21(17-32)20(18)14-27(29)31;/h2-8,13,17,20,27H,9-12,14-16H2,1H3;1H/b18-2-;/t20-,27?,29+,31?;/m0./s1. The first kappa shape index (κ1) is 23.3. The van der Waals surface area contributed by atoms with Crippen LogP contribution >= 0.6 is 0 Å². The lowest BCUT2D eigenvalue weighted by Gasteiger charge is -2.53. The molecule has 2 aromatic carbocycles. The Labute approximate surface area is 217 Å². The lowest BCUT2D eigenvalue weighted by molar-refractivity contribution is -0.934. The van der Waals surface area contributed by atoms with Gasteiger partial charge in [0, 0.05) is 41.3 Å². The summed E-state index contributed by atoms with van der Waals surface area (Å²) in [7, 11) is 0. The highest BCUT2D eigenvalue weighted by Gasteiger charge is 2.68. The van der Waals surface area contributed by atoms with Gasteiger partial charge in [-0.05, 0) is 42.3 Å². The van der Waals surface area contributed by atoms with E-state index in [2.05, 4.69) is 36.5 Å². The fraction of sp³-hybridized carbons (Fsp3) is 0.379. The monoisotopic (exact) mass is 504 g/mol. The molecule has 0 amide bonds. The number of piperidine rings is 1. The fourth-order valence-corrected chi connectivity index (χ4v) is 7.72. The van der Waals surface area contributed by atoms with Crippen LogP contribution in [0.2, 0.25) is 0 Å². The molecule has 7 rings (SSSR count). The zero-order valence-electron chi connectivity index (χ0n) is 20.3. The Morgan fingerprint density at radius 3 is 2.78 bits per heavy atom. The number of halogens is 1. The average molecular weight is 505 g/mol. The van der Waals surface area contributed by atoms with Crippen LogP contribution in [-0.4, -0.2) is 55.4 Å². The summed E-state index contributed by atoms with van der Waals surface area (Å²) >= 11 is 0. The van der Waals surface area contributed by atoms with E-state index in [4.69, 9.17) is 9.47 Å². The van der Waals surface area contributed by atoms with Crippen LogP contribution in [0.3, 0.4) is 0 Å². The SMILES string of the molecule is C/C=C1/C[N+]2(CC(=O)c3ccc4c(c3)OCCO4)CC[C@]34C(=C(C=O)[C@H]1CC32)Nc1ccccc14.[Cl-]. The van der Waals surface area contributed by atoms with Gasteiger partial charge in [0.25, 0.3) is 0 Å². The maximum absolute atomic E-state index is 13.8. The first-order valence-corrected chi connectivity index (χ1v) is 12.6. The van der Waals surface area contributed by atoms with E-state index in [1.165, 1.54) is 11.1 Å². The largest absolute Gasteiger partial charge is 1.00 e. The van der Waals surface area contributed by atoms with Crippen molar-refractivity contribution in [1.82, 2.24) is 0 Å². The number of aldehydes is 1. The van der Waals surface area contributed by atoms with Crippen LogP contribution < -0.4 is 27.2 Å². The zero-order valence-corrected chi connectivity index (χ0v) is 21.0. The third kappa shape index (κ3) is 2.94. The van der Waals surface area contributed by atoms with Crippen LogP contribution in [-0.2, 0) is 10.2 Å². The molecule has 36 heavy (non-hydrogen) atoms. The van der Waals surface area contributed by atoms with Crippen molar-refractivity contribution in [1.29, 1.82) is 0 Å². The smallest absolute Gasteiger partial charge is 0.217 e. The number of ketones is 1. The van der Waals surface area contributed by atoms with Crippen LogP contribution in [0.5, 0.6) is 11.5 Å². The number of rotatable bonds is 4. The van der Waals surface area contributed by atoms with Crippen molar-refractivity contribution in [2.75, 3.05) is 38.2 Å². The van der Waals surface area contributed by atoms with Gasteiger partial charge in [0.05, 0.1) is 12.0 Å². The number of carbonyl (C=O) groups excluding carboxylic acids is 2. The third-order valence-electron chi connectivity index (χ3n) is 9.18. The van der Waals surface area contributed by atoms with Crippen molar-refractivity contribution in [3.8, 4) is 11.5 Å². The van der Waals surface area contributed by atoms with Crippen molar-refractivity contribution >= 4 is 17.8 Å². The molecule has 1 spiro atoms. The Balaban J connectivity index is 0.00000240. The quantitative estimate of drug-likeness (QED) is 0.292. The third-order valence-corrected chi connectivity index (χ3v) is 9.18. The minimum absolute atomic E-state index is 0. The highest BCUT2D eigenvalue weighted by Crippen LogP contribution is 2.63. The number of nitrogens with zero attached hydrogens (tertiary/aromatic N) is 1. The van der Waals surface area contributed by atoms with Gasteiger partial charge in [-0.25, -0.2) is 0 Å². The van der Waals surface area contributed by atoms with E-state index in [0.29, 0.717) is 36.8 Å². The normalized spacial score (nSPS) is 31.8. The zero-order chi connectivity index (χ0) is 23.8. The molecular formula is C29H29ClN2O4. The number of allylic oxidation sites excluding steroid dienone is 2. The average Bonchev–Trinajstić information content (AvgIpc) is 3.42. The van der Waals surface area contributed by atoms with Gasteiger partial charge >= 0.3 is 0 Å². The highest BCUT2D eigenvalue weighted by atomic mass is 35.5. The van der Waals surface area contributed by atoms with E-state index < -0.39 is 0 Å². The Morgan fingerprint density at radius 1 is 1.17 bits per heavy atom. The molecule has 6 nitrogen and oxygen atoms in total. The summed E-state index contributed by atoms with van der Waals surface area (Å²) in [6, 6.07) is 14.3. The maximum Gasteiger partial charge on any atom is 0.217 e. The van der Waals surface area contributed by atoms with Crippen molar-refractivity contribution in [2.24, 2.45) is 5.92 Å². The summed E-state index contributed by atoms with van der Waals surface area (Å²) in [5.74, 6) is 1.62. The molecule has 2 fully saturated rings. The summed E-state index contributed by atoms with van der Waals surface area (Å²) in [6.45, 7) is 5.28. The number of hydrogen-bond donors (Lipinski definition) is 1. The van der Waals surface area contributed by atoms with Crippen LogP contribution in [0.15, 0.2) is 65.4 Å². The van der Waals surface area contributed by atoms with Gasteiger partial charge in [-0.2, -0.15) is 0 Å². The number of hydrogen-bond acceptors (Lipinski definition) is 5. The number of Topliss-reactive ketones (excluding diaryl/α,β-unsaturated/α-hetero) is 1. The summed E-state index contributed by atoms with van der Waals surface area (Å²) < 4.78 is 12.1. The Hall–Kier alpha value is -3.09. The molecule has 0 radical (unpaired) electrons. The molecule has 5 aliphatic rings. The second kappa shape index (κ2) is 8.22. The molecule has 4 atom stereocenters. The number of nitrogens with one attached hydrogen (secondary N) is 1. The van der Waals surface area contributed by atoms with E-state index in [-0.39, 0.29) is 35.6 Å². The van der Waals surface area contributed by atoms with Crippen LogP contribution in [0, 0.1) is 5.92 Å². The molecule has 4 heterocycles. The molecule has 2 aromatic rings. The summed E-state index contributed by atoms with van der Waals surface area (Å²) in [5.41, 5.74) is 6.11. The minimum Gasteiger partial charge on any atom is -1.00 e. The van der Waals surface area contributed by atoms with Gasteiger partial charge in [-0.3, -0.25) is 9.59 Å². The number of fused-ring (bicyclic) bond motifs is 3. The van der Waals surface area contributed by atoms with Gasteiger partial charge < -0.3 is 31.7 Å². The van der Waals surface area contributed by atoms with Crippen molar-refractivity contribution < 1.29 is 36.0 Å². The lowest BCUT2D eigenvalue weighted by atomic mass is 9.61. The number of anilines is 1. The lowest BCUT2D eigenvalue weighted by Crippen LogP contribution is -3.00. The topological polar surface area (TPSA) is 64.6 Å². The molecule has 2 saturated heterocycles. The Morgan fingerprint density at radius 2 is 1.97 bits per heavy atom. The van der Waals surface area contributed by atoms with Gasteiger partial charge in [0.2, 0.25) is 5.78 Å². The van der Waals surface area contributed by atoms with E-state index in [1.54, 1.807) is 0 Å². The van der Waals surface area contributed by atoms with Crippen LogP contribution in [0.1, 0.15) is 35.7 Å². The number of quaternary nitrogens is 1. The second-order valence-electron chi connectivity index (χ2n) is 10.5. The summed E-state index contributed by atoms with van der Waals surface area (Å²) in [5, 5.41) is 3.66. The minimum atomic E-state index is -0.226. The first-order valence-electron chi connectivity index (χ1n) is 12.6. The highest BCUT2D eigenvalue weighted by molar-refractivity contribution is 5.97. The van der Waals surface area contributed by atoms with Crippen molar-refractivity contribution in [2.45, 2.75) is 31.2 Å². The van der Waals surface area contributed by atoms with E-state index in [9.17, 15) is 9.59 Å². The molecule has 0 saturated carbocycles. The molecule has 186 valence electrons. The molecule has 2 unspecified atom stereocenters. The van der Waals surface area contributed by atoms with Crippen molar-refractivity contribution in [3.05, 3.63) is 76.5 Å². The molecule has 0 aromatic heterocycles. The van der Waals surface area contributed by atoms with Crippen LogP contribution in [0.4, 0.5) is 5.69 Å². The predicted molar refractivity (Wildman–Crippen MR) is 132 cm³/mol. The number of ether oxygens (including phenoxy) is 2. The van der Waals surface area contributed by atoms with Gasteiger partial charge in [-0.15, -0.1) is 0 Å². The van der Waals surface area contributed by atoms with E-state index >= 15 is 0 Å².